The van der Waals surface area contributed by atoms with Gasteiger partial charge in [-0.3, -0.25) is 9.59 Å². The Bertz CT molecular complexity index is 787. The molecule has 0 spiro atoms. The quantitative estimate of drug-likeness (QED) is 0.770. The average Bonchev–Trinajstić information content (AvgIpc) is 2.62. The van der Waals surface area contributed by atoms with Crippen LogP contribution < -0.4 is 15.4 Å². The molecule has 0 bridgehead atoms. The molecule has 1 unspecified atom stereocenters. The summed E-state index contributed by atoms with van der Waals surface area (Å²) in [5, 5.41) is 5.55. The molecule has 0 aliphatic rings. The molecule has 0 fully saturated rings. The highest BCUT2D eigenvalue weighted by Gasteiger charge is 2.12. The number of anilines is 2. The number of carbonyl (C=O) groups excluding carboxylic acids is 2. The Kier molecular flexibility index (Phi) is 6.78. The van der Waals surface area contributed by atoms with Gasteiger partial charge < -0.3 is 15.4 Å². The van der Waals surface area contributed by atoms with Crippen LogP contribution in [0.1, 0.15) is 44.2 Å². The van der Waals surface area contributed by atoms with Crippen molar-refractivity contribution in [3.05, 3.63) is 53.6 Å². The SMILES string of the molecule is CCC(C)c1ccccc1OCC(=O)Nc1ccc(C)c(NC(C)=O)c1. The minimum absolute atomic E-state index is 0.0726. The maximum absolute atomic E-state index is 12.2. The van der Waals surface area contributed by atoms with Crippen molar-refractivity contribution < 1.29 is 14.3 Å². The number of ether oxygens (including phenoxy) is 1. The van der Waals surface area contributed by atoms with Gasteiger partial charge >= 0.3 is 0 Å². The van der Waals surface area contributed by atoms with Crippen LogP contribution in [0.4, 0.5) is 11.4 Å². The molecule has 0 aliphatic carbocycles. The van der Waals surface area contributed by atoms with E-state index in [-0.39, 0.29) is 18.4 Å². The summed E-state index contributed by atoms with van der Waals surface area (Å²) in [6.45, 7) is 7.53. The van der Waals surface area contributed by atoms with E-state index in [4.69, 9.17) is 4.74 Å². The highest BCUT2D eigenvalue weighted by atomic mass is 16.5. The zero-order chi connectivity index (χ0) is 19.1. The molecule has 2 amide bonds. The summed E-state index contributed by atoms with van der Waals surface area (Å²) in [4.78, 5) is 23.5. The molecule has 26 heavy (non-hydrogen) atoms. The molecule has 0 saturated heterocycles. The van der Waals surface area contributed by atoms with Crippen molar-refractivity contribution in [2.45, 2.75) is 40.0 Å². The van der Waals surface area contributed by atoms with Crippen molar-refractivity contribution >= 4 is 23.2 Å². The fraction of sp³-hybridized carbons (Fsp3) is 0.333. The smallest absolute Gasteiger partial charge is 0.262 e. The molecule has 2 rings (SSSR count). The molecule has 0 aromatic heterocycles. The molecule has 2 N–H and O–H groups in total. The molecule has 2 aromatic rings. The fourth-order valence-electron chi connectivity index (χ4n) is 2.60. The number of aryl methyl sites for hydroxylation is 1. The van der Waals surface area contributed by atoms with Gasteiger partial charge in [0, 0.05) is 18.3 Å². The third-order valence-electron chi connectivity index (χ3n) is 4.25. The molecule has 0 radical (unpaired) electrons. The topological polar surface area (TPSA) is 67.4 Å². The summed E-state index contributed by atoms with van der Waals surface area (Å²) in [5.74, 6) is 0.703. The lowest BCUT2D eigenvalue weighted by Gasteiger charge is -2.16. The second kappa shape index (κ2) is 9.04. The first-order chi connectivity index (χ1) is 12.4. The van der Waals surface area contributed by atoms with Crippen molar-refractivity contribution in [2.24, 2.45) is 0 Å². The first-order valence-electron chi connectivity index (χ1n) is 8.80. The minimum Gasteiger partial charge on any atom is -0.483 e. The number of rotatable bonds is 7. The molecular formula is C21H26N2O3. The van der Waals surface area contributed by atoms with Gasteiger partial charge in [-0.1, -0.05) is 38.1 Å². The summed E-state index contributed by atoms with van der Waals surface area (Å²) in [5.41, 5.74) is 3.32. The van der Waals surface area contributed by atoms with Gasteiger partial charge in [-0.25, -0.2) is 0 Å². The largest absolute Gasteiger partial charge is 0.483 e. The van der Waals surface area contributed by atoms with E-state index >= 15 is 0 Å². The van der Waals surface area contributed by atoms with Crippen LogP contribution in [0.3, 0.4) is 0 Å². The molecule has 2 aromatic carbocycles. The Morgan fingerprint density at radius 2 is 1.85 bits per heavy atom. The second-order valence-corrected chi connectivity index (χ2v) is 6.39. The second-order valence-electron chi connectivity index (χ2n) is 6.39. The van der Waals surface area contributed by atoms with E-state index in [1.807, 2.05) is 37.3 Å². The number of amides is 2. The lowest BCUT2D eigenvalue weighted by atomic mass is 9.98. The summed E-state index contributed by atoms with van der Waals surface area (Å²) in [6.07, 6.45) is 1.00. The summed E-state index contributed by atoms with van der Waals surface area (Å²) < 4.78 is 5.73. The highest BCUT2D eigenvalue weighted by molar-refractivity contribution is 5.94. The summed E-state index contributed by atoms with van der Waals surface area (Å²) >= 11 is 0. The first kappa shape index (κ1) is 19.5. The van der Waals surface area contributed by atoms with E-state index < -0.39 is 0 Å². The Labute approximate surface area is 154 Å². The van der Waals surface area contributed by atoms with E-state index in [1.54, 1.807) is 12.1 Å². The van der Waals surface area contributed by atoms with Gasteiger partial charge in [-0.15, -0.1) is 0 Å². The van der Waals surface area contributed by atoms with Crippen LogP contribution in [-0.2, 0) is 9.59 Å². The number of benzene rings is 2. The van der Waals surface area contributed by atoms with Crippen molar-refractivity contribution in [1.29, 1.82) is 0 Å². The van der Waals surface area contributed by atoms with Crippen molar-refractivity contribution in [2.75, 3.05) is 17.2 Å². The zero-order valence-corrected chi connectivity index (χ0v) is 15.8. The first-order valence-corrected chi connectivity index (χ1v) is 8.80. The Morgan fingerprint density at radius 1 is 1.12 bits per heavy atom. The molecule has 0 heterocycles. The van der Waals surface area contributed by atoms with Crippen LogP contribution in [0, 0.1) is 6.92 Å². The summed E-state index contributed by atoms with van der Waals surface area (Å²) in [6, 6.07) is 13.2. The number of hydrogen-bond donors (Lipinski definition) is 2. The highest BCUT2D eigenvalue weighted by Crippen LogP contribution is 2.28. The third-order valence-corrected chi connectivity index (χ3v) is 4.25. The van der Waals surface area contributed by atoms with Crippen LogP contribution in [0.15, 0.2) is 42.5 Å². The van der Waals surface area contributed by atoms with Crippen LogP contribution in [0.5, 0.6) is 5.75 Å². The lowest BCUT2D eigenvalue weighted by Crippen LogP contribution is -2.21. The van der Waals surface area contributed by atoms with Crippen molar-refractivity contribution in [3.63, 3.8) is 0 Å². The van der Waals surface area contributed by atoms with Crippen LogP contribution in [0.2, 0.25) is 0 Å². The number of para-hydroxylation sites is 1. The predicted octanol–water partition coefficient (Wildman–Crippen LogP) is 4.48. The van der Waals surface area contributed by atoms with Crippen molar-refractivity contribution in [1.82, 2.24) is 0 Å². The van der Waals surface area contributed by atoms with Crippen LogP contribution >= 0.6 is 0 Å². The third kappa shape index (κ3) is 5.34. The number of carbonyl (C=O) groups is 2. The Balaban J connectivity index is 2.01. The van der Waals surface area contributed by atoms with Crippen molar-refractivity contribution in [3.8, 4) is 5.75 Å². The van der Waals surface area contributed by atoms with E-state index in [1.165, 1.54) is 6.92 Å². The van der Waals surface area contributed by atoms with E-state index in [0.29, 0.717) is 17.3 Å². The lowest BCUT2D eigenvalue weighted by molar-refractivity contribution is -0.118. The van der Waals surface area contributed by atoms with Gasteiger partial charge in [0.2, 0.25) is 5.91 Å². The monoisotopic (exact) mass is 354 g/mol. The van der Waals surface area contributed by atoms with Gasteiger partial charge in [0.15, 0.2) is 6.61 Å². The number of hydrogen-bond acceptors (Lipinski definition) is 3. The number of nitrogens with one attached hydrogen (secondary N) is 2. The standard InChI is InChI=1S/C21H26N2O3/c1-5-14(2)18-8-6-7-9-20(18)26-13-21(25)23-17-11-10-15(3)19(12-17)22-16(4)24/h6-12,14H,5,13H2,1-4H3,(H,22,24)(H,23,25). The predicted molar refractivity (Wildman–Crippen MR) is 105 cm³/mol. The van der Waals surface area contributed by atoms with Gasteiger partial charge in [0.1, 0.15) is 5.75 Å². The minimum atomic E-state index is -0.249. The van der Waals surface area contributed by atoms with E-state index in [0.717, 1.165) is 23.3 Å². The molecule has 0 aliphatic heterocycles. The zero-order valence-electron chi connectivity index (χ0n) is 15.8. The van der Waals surface area contributed by atoms with Gasteiger partial charge in [-0.2, -0.15) is 0 Å². The van der Waals surface area contributed by atoms with Gasteiger partial charge in [0.25, 0.3) is 5.91 Å². The Morgan fingerprint density at radius 3 is 2.54 bits per heavy atom. The maximum atomic E-state index is 12.2. The normalized spacial score (nSPS) is 11.5. The average molecular weight is 354 g/mol. The fourth-order valence-corrected chi connectivity index (χ4v) is 2.60. The van der Waals surface area contributed by atoms with Crippen LogP contribution in [0.25, 0.3) is 0 Å². The van der Waals surface area contributed by atoms with Gasteiger partial charge in [0.05, 0.1) is 0 Å². The van der Waals surface area contributed by atoms with E-state index in [2.05, 4.69) is 24.5 Å². The van der Waals surface area contributed by atoms with Crippen LogP contribution in [-0.4, -0.2) is 18.4 Å². The molecule has 0 saturated carbocycles. The molecular weight excluding hydrogens is 328 g/mol. The molecule has 1 atom stereocenters. The molecule has 5 nitrogen and oxygen atoms in total. The summed E-state index contributed by atoms with van der Waals surface area (Å²) in [7, 11) is 0. The maximum Gasteiger partial charge on any atom is 0.262 e. The molecule has 138 valence electrons. The molecule has 5 heteroatoms. The van der Waals surface area contributed by atoms with Gasteiger partial charge in [-0.05, 0) is 48.6 Å². The Hall–Kier alpha value is -2.82. The van der Waals surface area contributed by atoms with E-state index in [9.17, 15) is 9.59 Å².